The summed E-state index contributed by atoms with van der Waals surface area (Å²) in [7, 11) is 0. The number of carboxylic acids is 1. The van der Waals surface area contributed by atoms with E-state index in [-0.39, 0.29) is 6.04 Å². The van der Waals surface area contributed by atoms with Gasteiger partial charge in [0.15, 0.2) is 6.04 Å². The van der Waals surface area contributed by atoms with Crippen LogP contribution in [0, 0.1) is 0 Å². The van der Waals surface area contributed by atoms with Gasteiger partial charge in [-0.15, -0.1) is 0 Å². The van der Waals surface area contributed by atoms with E-state index >= 15 is 0 Å². The van der Waals surface area contributed by atoms with Crippen LogP contribution >= 0.6 is 0 Å². The van der Waals surface area contributed by atoms with Gasteiger partial charge in [0.25, 0.3) is 0 Å². The second-order valence-corrected chi connectivity index (χ2v) is 4.36. The minimum atomic E-state index is -1.09. The Morgan fingerprint density at radius 3 is 2.63 bits per heavy atom. The van der Waals surface area contributed by atoms with E-state index in [1.165, 1.54) is 0 Å². The fourth-order valence-electron chi connectivity index (χ4n) is 1.94. The van der Waals surface area contributed by atoms with Gasteiger partial charge in [0.05, 0.1) is 12.6 Å². The van der Waals surface area contributed by atoms with Crippen molar-refractivity contribution >= 4 is 12.0 Å². The molecule has 0 aliphatic carbocycles. The number of urea groups is 1. The number of carbonyl (C=O) groups is 2. The predicted octanol–water partition coefficient (Wildman–Crippen LogP) is 0.900. The van der Waals surface area contributed by atoms with Crippen LogP contribution in [-0.2, 0) is 9.53 Å². The van der Waals surface area contributed by atoms with Crippen molar-refractivity contribution < 1.29 is 19.4 Å². The van der Waals surface area contributed by atoms with E-state index < -0.39 is 18.0 Å². The molecule has 0 aromatic heterocycles. The largest absolute Gasteiger partial charge is 0.479 e. The number of benzene rings is 1. The van der Waals surface area contributed by atoms with E-state index in [4.69, 9.17) is 9.84 Å². The lowest BCUT2D eigenvalue weighted by atomic mass is 10.1. The third kappa shape index (κ3) is 3.69. The molecule has 0 radical (unpaired) electrons. The highest BCUT2D eigenvalue weighted by atomic mass is 16.5. The summed E-state index contributed by atoms with van der Waals surface area (Å²) in [5.74, 6) is -1.09. The average Bonchev–Trinajstić information content (AvgIpc) is 2.89. The number of rotatable bonds is 4. The molecule has 3 N–H and O–H groups in total. The van der Waals surface area contributed by atoms with Gasteiger partial charge in [-0.2, -0.15) is 0 Å². The van der Waals surface area contributed by atoms with Gasteiger partial charge in [-0.3, -0.25) is 0 Å². The number of aliphatic carboxylic acids is 1. The molecule has 19 heavy (non-hydrogen) atoms. The van der Waals surface area contributed by atoms with E-state index in [1.54, 1.807) is 30.3 Å². The Hall–Kier alpha value is -2.08. The van der Waals surface area contributed by atoms with Gasteiger partial charge in [-0.05, 0) is 12.0 Å². The molecule has 2 atom stereocenters. The normalized spacial score (nSPS) is 19.7. The minimum absolute atomic E-state index is 0.0507. The smallest absolute Gasteiger partial charge is 0.330 e. The molecule has 1 aromatic rings. The molecule has 1 heterocycles. The summed E-state index contributed by atoms with van der Waals surface area (Å²) in [5, 5.41) is 14.3. The zero-order chi connectivity index (χ0) is 13.7. The van der Waals surface area contributed by atoms with Crippen molar-refractivity contribution in [2.75, 3.05) is 13.2 Å². The Kier molecular flexibility index (Phi) is 4.35. The van der Waals surface area contributed by atoms with E-state index in [9.17, 15) is 9.59 Å². The Balaban J connectivity index is 1.97. The fourth-order valence-corrected chi connectivity index (χ4v) is 1.94. The fraction of sp³-hybridized carbons (Fsp3) is 0.385. The van der Waals surface area contributed by atoms with Crippen LogP contribution in [-0.4, -0.2) is 36.4 Å². The summed E-state index contributed by atoms with van der Waals surface area (Å²) in [6.45, 7) is 1.09. The molecule has 102 valence electrons. The standard InChI is InChI=1S/C13H16N2O4/c16-12(17)11(9-4-2-1-3-5-9)15-13(18)14-10-6-7-19-8-10/h1-5,10-11H,6-8H2,(H,16,17)(H2,14,15,18)/t10?,11-/m0/s1. The maximum atomic E-state index is 11.7. The van der Waals surface area contributed by atoms with Crippen molar-refractivity contribution in [2.24, 2.45) is 0 Å². The number of amides is 2. The van der Waals surface area contributed by atoms with Crippen LogP contribution < -0.4 is 10.6 Å². The first-order valence-electron chi connectivity index (χ1n) is 6.09. The number of carbonyl (C=O) groups excluding carboxylic acids is 1. The monoisotopic (exact) mass is 264 g/mol. The van der Waals surface area contributed by atoms with Crippen LogP contribution in [0.4, 0.5) is 4.79 Å². The van der Waals surface area contributed by atoms with Crippen LogP contribution in [0.3, 0.4) is 0 Å². The number of ether oxygens (including phenoxy) is 1. The molecule has 1 aromatic carbocycles. The molecule has 1 fully saturated rings. The molecule has 0 spiro atoms. The van der Waals surface area contributed by atoms with Crippen molar-refractivity contribution in [2.45, 2.75) is 18.5 Å². The lowest BCUT2D eigenvalue weighted by Crippen LogP contribution is -2.45. The van der Waals surface area contributed by atoms with E-state index in [0.717, 1.165) is 6.42 Å². The first kappa shape index (κ1) is 13.4. The Morgan fingerprint density at radius 1 is 1.32 bits per heavy atom. The molecule has 1 unspecified atom stereocenters. The van der Waals surface area contributed by atoms with E-state index in [1.807, 2.05) is 0 Å². The van der Waals surface area contributed by atoms with Crippen molar-refractivity contribution in [3.05, 3.63) is 35.9 Å². The predicted molar refractivity (Wildman–Crippen MR) is 67.7 cm³/mol. The summed E-state index contributed by atoms with van der Waals surface area (Å²) in [4.78, 5) is 23.0. The number of hydrogen-bond acceptors (Lipinski definition) is 3. The summed E-state index contributed by atoms with van der Waals surface area (Å²) in [5.41, 5.74) is 0.535. The lowest BCUT2D eigenvalue weighted by Gasteiger charge is -2.17. The highest BCUT2D eigenvalue weighted by Crippen LogP contribution is 2.12. The Labute approximate surface area is 110 Å². The van der Waals surface area contributed by atoms with Gasteiger partial charge < -0.3 is 20.5 Å². The zero-order valence-corrected chi connectivity index (χ0v) is 10.3. The van der Waals surface area contributed by atoms with Gasteiger partial charge in [-0.25, -0.2) is 9.59 Å². The van der Waals surface area contributed by atoms with Crippen molar-refractivity contribution in [3.8, 4) is 0 Å². The number of carboxylic acid groups (broad SMARTS) is 1. The lowest BCUT2D eigenvalue weighted by molar-refractivity contribution is -0.139. The molecule has 0 saturated carbocycles. The molecular weight excluding hydrogens is 248 g/mol. The van der Waals surface area contributed by atoms with E-state index in [0.29, 0.717) is 18.8 Å². The Morgan fingerprint density at radius 2 is 2.05 bits per heavy atom. The van der Waals surface area contributed by atoms with Crippen LogP contribution in [0.15, 0.2) is 30.3 Å². The van der Waals surface area contributed by atoms with Crippen LogP contribution in [0.25, 0.3) is 0 Å². The third-order valence-corrected chi connectivity index (χ3v) is 2.92. The summed E-state index contributed by atoms with van der Waals surface area (Å²) >= 11 is 0. The van der Waals surface area contributed by atoms with Gasteiger partial charge >= 0.3 is 12.0 Å². The topological polar surface area (TPSA) is 87.7 Å². The van der Waals surface area contributed by atoms with Gasteiger partial charge in [0.2, 0.25) is 0 Å². The van der Waals surface area contributed by atoms with Crippen LogP contribution in [0.1, 0.15) is 18.0 Å². The number of nitrogens with one attached hydrogen (secondary N) is 2. The van der Waals surface area contributed by atoms with Crippen molar-refractivity contribution in [3.63, 3.8) is 0 Å². The molecule has 1 saturated heterocycles. The van der Waals surface area contributed by atoms with Crippen LogP contribution in [0.5, 0.6) is 0 Å². The first-order chi connectivity index (χ1) is 9.16. The summed E-state index contributed by atoms with van der Waals surface area (Å²) in [6, 6.07) is 6.99. The molecule has 1 aliphatic heterocycles. The maximum absolute atomic E-state index is 11.7. The Bertz CT molecular complexity index is 443. The molecular formula is C13H16N2O4. The second-order valence-electron chi connectivity index (χ2n) is 4.36. The highest BCUT2D eigenvalue weighted by molar-refractivity contribution is 5.83. The second kappa shape index (κ2) is 6.19. The molecule has 2 rings (SSSR count). The van der Waals surface area contributed by atoms with Gasteiger partial charge in [-0.1, -0.05) is 30.3 Å². The molecule has 1 aliphatic rings. The summed E-state index contributed by atoms with van der Waals surface area (Å²) < 4.78 is 5.14. The minimum Gasteiger partial charge on any atom is -0.479 e. The van der Waals surface area contributed by atoms with Crippen molar-refractivity contribution in [1.82, 2.24) is 10.6 Å². The summed E-state index contributed by atoms with van der Waals surface area (Å²) in [6.07, 6.45) is 0.747. The average molecular weight is 264 g/mol. The molecule has 0 bridgehead atoms. The van der Waals surface area contributed by atoms with Crippen molar-refractivity contribution in [1.29, 1.82) is 0 Å². The van der Waals surface area contributed by atoms with Crippen LogP contribution in [0.2, 0.25) is 0 Å². The maximum Gasteiger partial charge on any atom is 0.330 e. The van der Waals surface area contributed by atoms with Gasteiger partial charge in [0.1, 0.15) is 0 Å². The third-order valence-electron chi connectivity index (χ3n) is 2.92. The quantitative estimate of drug-likeness (QED) is 0.754. The van der Waals surface area contributed by atoms with Gasteiger partial charge in [0, 0.05) is 6.61 Å². The van der Waals surface area contributed by atoms with E-state index in [2.05, 4.69) is 10.6 Å². The highest BCUT2D eigenvalue weighted by Gasteiger charge is 2.24. The molecule has 6 nitrogen and oxygen atoms in total. The number of hydrogen-bond donors (Lipinski definition) is 3. The first-order valence-corrected chi connectivity index (χ1v) is 6.09. The SMILES string of the molecule is O=C(NC1CCOC1)N[C@H](C(=O)O)c1ccccc1. The molecule has 2 amide bonds. The zero-order valence-electron chi connectivity index (χ0n) is 10.3. The molecule has 6 heteroatoms.